The van der Waals surface area contributed by atoms with Crippen molar-refractivity contribution in [3.05, 3.63) is 103 Å². The topological polar surface area (TPSA) is 85.3 Å². The summed E-state index contributed by atoms with van der Waals surface area (Å²) >= 11 is 0. The number of amides is 1. The van der Waals surface area contributed by atoms with Crippen LogP contribution in [0.25, 0.3) is 0 Å². The Kier molecular flexibility index (Phi) is 7.91. The Bertz CT molecular complexity index is 1250. The molecule has 2 N–H and O–H groups in total. The van der Waals surface area contributed by atoms with Gasteiger partial charge >= 0.3 is 0 Å². The Balaban J connectivity index is 1.29. The highest BCUT2D eigenvalue weighted by molar-refractivity contribution is 6.04. The summed E-state index contributed by atoms with van der Waals surface area (Å²) in [5, 5.41) is 6.21. The SMILES string of the molecule is COc1ccc(C(=O)Nc2ccc(Nc3cccc(C(=O)CCCCn4ccnc4)c3)cc2)cc1. The predicted molar refractivity (Wildman–Crippen MR) is 138 cm³/mol. The molecule has 3 aromatic carbocycles. The van der Waals surface area contributed by atoms with Crippen molar-refractivity contribution < 1.29 is 14.3 Å². The summed E-state index contributed by atoms with van der Waals surface area (Å²) < 4.78 is 7.14. The van der Waals surface area contributed by atoms with Gasteiger partial charge in [-0.15, -0.1) is 0 Å². The van der Waals surface area contributed by atoms with Crippen LogP contribution in [0.3, 0.4) is 0 Å². The van der Waals surface area contributed by atoms with Gasteiger partial charge in [-0.2, -0.15) is 0 Å². The predicted octanol–water partition coefficient (Wildman–Crippen LogP) is 5.94. The van der Waals surface area contributed by atoms with E-state index >= 15 is 0 Å². The van der Waals surface area contributed by atoms with Crippen molar-refractivity contribution in [3.63, 3.8) is 0 Å². The molecular formula is C28H28N4O3. The van der Waals surface area contributed by atoms with Crippen LogP contribution in [0.4, 0.5) is 17.1 Å². The number of nitrogens with one attached hydrogen (secondary N) is 2. The summed E-state index contributed by atoms with van der Waals surface area (Å²) in [6.07, 6.45) is 7.76. The molecular weight excluding hydrogens is 440 g/mol. The molecule has 0 radical (unpaired) electrons. The minimum atomic E-state index is -0.190. The van der Waals surface area contributed by atoms with Gasteiger partial charge in [-0.05, 0) is 73.5 Å². The van der Waals surface area contributed by atoms with Gasteiger partial charge in [0.15, 0.2) is 5.78 Å². The highest BCUT2D eigenvalue weighted by Gasteiger charge is 2.08. The van der Waals surface area contributed by atoms with Gasteiger partial charge in [-0.25, -0.2) is 4.98 Å². The van der Waals surface area contributed by atoms with Crippen molar-refractivity contribution >= 4 is 28.8 Å². The van der Waals surface area contributed by atoms with Crippen molar-refractivity contribution in [2.45, 2.75) is 25.8 Å². The normalized spacial score (nSPS) is 10.5. The Morgan fingerprint density at radius 3 is 2.37 bits per heavy atom. The summed E-state index contributed by atoms with van der Waals surface area (Å²) in [6, 6.07) is 21.9. The van der Waals surface area contributed by atoms with E-state index < -0.39 is 0 Å². The van der Waals surface area contributed by atoms with Crippen LogP contribution in [0.2, 0.25) is 0 Å². The van der Waals surface area contributed by atoms with Crippen LogP contribution in [-0.4, -0.2) is 28.4 Å². The van der Waals surface area contributed by atoms with Gasteiger partial charge < -0.3 is 19.9 Å². The first-order valence-corrected chi connectivity index (χ1v) is 11.5. The number of hydrogen-bond acceptors (Lipinski definition) is 5. The van der Waals surface area contributed by atoms with E-state index in [1.165, 1.54) is 0 Å². The molecule has 0 spiro atoms. The maximum atomic E-state index is 12.6. The maximum Gasteiger partial charge on any atom is 0.255 e. The molecule has 7 heteroatoms. The lowest BCUT2D eigenvalue weighted by Gasteiger charge is -2.10. The van der Waals surface area contributed by atoms with E-state index in [1.54, 1.807) is 43.9 Å². The van der Waals surface area contributed by atoms with E-state index in [9.17, 15) is 9.59 Å². The van der Waals surface area contributed by atoms with Crippen LogP contribution in [-0.2, 0) is 6.54 Å². The summed E-state index contributed by atoms with van der Waals surface area (Å²) in [5.41, 5.74) is 3.63. The number of methoxy groups -OCH3 is 1. The first kappa shape index (κ1) is 23.8. The summed E-state index contributed by atoms with van der Waals surface area (Å²) in [7, 11) is 1.59. The second-order valence-electron chi connectivity index (χ2n) is 8.15. The molecule has 178 valence electrons. The highest BCUT2D eigenvalue weighted by atomic mass is 16.5. The van der Waals surface area contributed by atoms with Crippen LogP contribution >= 0.6 is 0 Å². The Morgan fingerprint density at radius 2 is 1.66 bits per heavy atom. The maximum absolute atomic E-state index is 12.6. The van der Waals surface area contributed by atoms with Gasteiger partial charge in [0.2, 0.25) is 0 Å². The quantitative estimate of drug-likeness (QED) is 0.210. The van der Waals surface area contributed by atoms with E-state index in [1.807, 2.05) is 59.3 Å². The molecule has 4 aromatic rings. The molecule has 0 atom stereocenters. The molecule has 1 heterocycles. The number of anilines is 3. The fourth-order valence-electron chi connectivity index (χ4n) is 3.66. The zero-order chi connectivity index (χ0) is 24.5. The number of ketones is 1. The monoisotopic (exact) mass is 468 g/mol. The van der Waals surface area contributed by atoms with Crippen molar-refractivity contribution in [1.29, 1.82) is 0 Å². The van der Waals surface area contributed by atoms with Crippen LogP contribution in [0.1, 0.15) is 40.0 Å². The van der Waals surface area contributed by atoms with Crippen molar-refractivity contribution in [2.24, 2.45) is 0 Å². The lowest BCUT2D eigenvalue weighted by Crippen LogP contribution is -2.11. The van der Waals surface area contributed by atoms with E-state index in [-0.39, 0.29) is 11.7 Å². The first-order valence-electron chi connectivity index (χ1n) is 11.5. The van der Waals surface area contributed by atoms with Crippen LogP contribution in [0.5, 0.6) is 5.75 Å². The van der Waals surface area contributed by atoms with Gasteiger partial charge in [0.1, 0.15) is 5.75 Å². The standard InChI is InChI=1S/C28H28N4O3/c1-35-26-14-8-21(9-15-26)28(34)31-24-12-10-23(11-13-24)30-25-6-4-5-22(19-25)27(33)7-2-3-17-32-18-16-29-20-32/h4-6,8-16,18-20,30H,2-3,7,17H2,1H3,(H,31,34). The number of hydrogen-bond donors (Lipinski definition) is 2. The van der Waals surface area contributed by atoms with Gasteiger partial charge in [-0.1, -0.05) is 12.1 Å². The average molecular weight is 469 g/mol. The Labute approximate surface area is 204 Å². The molecule has 0 aliphatic carbocycles. The van der Waals surface area contributed by atoms with Crippen LogP contribution in [0.15, 0.2) is 91.5 Å². The Morgan fingerprint density at radius 1 is 0.886 bits per heavy atom. The van der Waals surface area contributed by atoms with Crippen LogP contribution < -0.4 is 15.4 Å². The van der Waals surface area contributed by atoms with Gasteiger partial charge in [0, 0.05) is 53.5 Å². The molecule has 0 bridgehead atoms. The third-order valence-electron chi connectivity index (χ3n) is 5.60. The number of Topliss-reactive ketones (excluding diaryl/α,β-unsaturated/α-hetero) is 1. The number of aromatic nitrogens is 2. The fourth-order valence-corrected chi connectivity index (χ4v) is 3.66. The zero-order valence-electron chi connectivity index (χ0n) is 19.6. The molecule has 0 aliphatic heterocycles. The third kappa shape index (κ3) is 6.80. The largest absolute Gasteiger partial charge is 0.497 e. The minimum Gasteiger partial charge on any atom is -0.497 e. The molecule has 35 heavy (non-hydrogen) atoms. The number of carbonyl (C=O) groups is 2. The lowest BCUT2D eigenvalue weighted by atomic mass is 10.0. The summed E-state index contributed by atoms with van der Waals surface area (Å²) in [4.78, 5) is 29.1. The Hall–Kier alpha value is -4.39. The minimum absolute atomic E-state index is 0.135. The number of nitrogens with zero attached hydrogens (tertiary/aromatic N) is 2. The number of unbranched alkanes of at least 4 members (excludes halogenated alkanes) is 1. The summed E-state index contributed by atoms with van der Waals surface area (Å²) in [6.45, 7) is 0.866. The number of imidazole rings is 1. The second kappa shape index (κ2) is 11.7. The molecule has 0 aliphatic rings. The molecule has 1 amide bonds. The molecule has 0 unspecified atom stereocenters. The molecule has 0 saturated carbocycles. The van der Waals surface area contributed by atoms with Gasteiger partial charge in [-0.3, -0.25) is 9.59 Å². The highest BCUT2D eigenvalue weighted by Crippen LogP contribution is 2.21. The number of benzene rings is 3. The van der Waals surface area contributed by atoms with E-state index in [4.69, 9.17) is 4.74 Å². The average Bonchev–Trinajstić information content (AvgIpc) is 3.41. The third-order valence-corrected chi connectivity index (χ3v) is 5.60. The molecule has 0 fully saturated rings. The van der Waals surface area contributed by atoms with Crippen molar-refractivity contribution in [2.75, 3.05) is 17.7 Å². The van der Waals surface area contributed by atoms with Gasteiger partial charge in [0.25, 0.3) is 5.91 Å². The molecule has 1 aromatic heterocycles. The van der Waals surface area contributed by atoms with Crippen LogP contribution in [0, 0.1) is 0 Å². The molecule has 7 nitrogen and oxygen atoms in total. The fraction of sp³-hybridized carbons (Fsp3) is 0.179. The summed E-state index contributed by atoms with van der Waals surface area (Å²) in [5.74, 6) is 0.647. The van der Waals surface area contributed by atoms with Crippen molar-refractivity contribution in [1.82, 2.24) is 9.55 Å². The number of rotatable bonds is 11. The molecule has 4 rings (SSSR count). The number of ether oxygens (including phenoxy) is 1. The number of aryl methyl sites for hydroxylation is 1. The molecule has 0 saturated heterocycles. The number of carbonyl (C=O) groups excluding carboxylic acids is 2. The van der Waals surface area contributed by atoms with Gasteiger partial charge in [0.05, 0.1) is 13.4 Å². The first-order chi connectivity index (χ1) is 17.1. The van der Waals surface area contributed by atoms with Crippen molar-refractivity contribution in [3.8, 4) is 5.75 Å². The smallest absolute Gasteiger partial charge is 0.255 e. The van der Waals surface area contributed by atoms with E-state index in [0.29, 0.717) is 29.0 Å². The van der Waals surface area contributed by atoms with E-state index in [2.05, 4.69) is 15.6 Å². The second-order valence-corrected chi connectivity index (χ2v) is 8.15. The lowest BCUT2D eigenvalue weighted by molar-refractivity contribution is 0.0977. The van der Waals surface area contributed by atoms with E-state index in [0.717, 1.165) is 30.8 Å². The zero-order valence-corrected chi connectivity index (χ0v) is 19.6.